The normalized spacial score (nSPS) is 12.1. The van der Waals surface area contributed by atoms with Crippen molar-refractivity contribution in [3.05, 3.63) is 42.5 Å². The van der Waals surface area contributed by atoms with E-state index in [1.165, 1.54) is 0 Å². The Morgan fingerprint density at radius 2 is 2.09 bits per heavy atom. The Morgan fingerprint density at radius 1 is 1.30 bits per heavy atom. The maximum absolute atomic E-state index is 5.36. The number of methoxy groups -OCH3 is 1. The van der Waals surface area contributed by atoms with Crippen molar-refractivity contribution < 1.29 is 9.26 Å². The maximum atomic E-state index is 5.36. The molecule has 1 N–H and O–H groups in total. The fourth-order valence-corrected chi connectivity index (χ4v) is 2.19. The van der Waals surface area contributed by atoms with Gasteiger partial charge >= 0.3 is 0 Å². The Labute approximate surface area is 134 Å². The quantitative estimate of drug-likeness (QED) is 0.753. The highest BCUT2D eigenvalue weighted by Gasteiger charge is 2.15. The van der Waals surface area contributed by atoms with Crippen LogP contribution in [-0.2, 0) is 6.54 Å². The van der Waals surface area contributed by atoms with E-state index in [9.17, 15) is 0 Å². The monoisotopic (exact) mass is 313 g/mol. The van der Waals surface area contributed by atoms with Crippen LogP contribution in [0.1, 0.15) is 25.8 Å². The summed E-state index contributed by atoms with van der Waals surface area (Å²) in [5.41, 5.74) is 1.80. The van der Waals surface area contributed by atoms with Crippen LogP contribution in [0.25, 0.3) is 11.4 Å². The lowest BCUT2D eigenvalue weighted by Crippen LogP contribution is -2.06. The van der Waals surface area contributed by atoms with Crippen LogP contribution in [-0.4, -0.2) is 27.0 Å². The van der Waals surface area contributed by atoms with E-state index < -0.39 is 0 Å². The molecule has 23 heavy (non-hydrogen) atoms. The topological polar surface area (TPSA) is 78.0 Å². The van der Waals surface area contributed by atoms with Crippen LogP contribution in [0, 0.1) is 0 Å². The first kappa shape index (κ1) is 15.1. The number of anilines is 1. The second kappa shape index (κ2) is 6.51. The molecule has 7 heteroatoms. The van der Waals surface area contributed by atoms with Crippen LogP contribution in [0.3, 0.4) is 0 Å². The molecule has 7 nitrogen and oxygen atoms in total. The first-order chi connectivity index (χ1) is 11.2. The molecule has 0 saturated heterocycles. The summed E-state index contributed by atoms with van der Waals surface area (Å²) in [6, 6.07) is 7.43. The molecule has 0 aliphatic heterocycles. The number of ether oxygens (including phenoxy) is 1. The molecule has 0 fully saturated rings. The fourth-order valence-electron chi connectivity index (χ4n) is 2.19. The zero-order valence-electron chi connectivity index (χ0n) is 13.4. The second-order valence-electron chi connectivity index (χ2n) is 5.14. The Kier molecular flexibility index (Phi) is 4.27. The molecule has 2 aromatic heterocycles. The molecule has 0 radical (unpaired) electrons. The number of rotatable bonds is 6. The van der Waals surface area contributed by atoms with Gasteiger partial charge < -0.3 is 14.6 Å². The molecule has 0 aliphatic rings. The highest BCUT2D eigenvalue weighted by Crippen LogP contribution is 2.23. The van der Waals surface area contributed by atoms with Gasteiger partial charge in [0.15, 0.2) is 0 Å². The van der Waals surface area contributed by atoms with Crippen LogP contribution in [0.2, 0.25) is 0 Å². The average molecular weight is 313 g/mol. The minimum absolute atomic E-state index is 0.107. The van der Waals surface area contributed by atoms with Gasteiger partial charge in [0.05, 0.1) is 19.0 Å². The van der Waals surface area contributed by atoms with Crippen LogP contribution >= 0.6 is 0 Å². The molecule has 1 aromatic carbocycles. The molecular formula is C16H19N5O2. The number of hydrogen-bond acceptors (Lipinski definition) is 6. The summed E-state index contributed by atoms with van der Waals surface area (Å²) in [6.07, 6.45) is 3.72. The van der Waals surface area contributed by atoms with Crippen molar-refractivity contribution in [2.24, 2.45) is 0 Å². The first-order valence-corrected chi connectivity index (χ1v) is 7.46. The van der Waals surface area contributed by atoms with Crippen molar-refractivity contribution in [2.75, 3.05) is 12.4 Å². The minimum Gasteiger partial charge on any atom is -0.497 e. The molecule has 1 atom stereocenters. The fraction of sp³-hybridized carbons (Fsp3) is 0.312. The SMILES string of the molecule is CCn1cc(N[C@@H](C)c2nc(-c3ccc(OC)cc3)no2)cn1. The summed E-state index contributed by atoms with van der Waals surface area (Å²) < 4.78 is 12.4. The average Bonchev–Trinajstić information content (AvgIpc) is 3.24. The molecule has 2 heterocycles. The highest BCUT2D eigenvalue weighted by atomic mass is 16.5. The van der Waals surface area contributed by atoms with Crippen molar-refractivity contribution in [3.63, 3.8) is 0 Å². The van der Waals surface area contributed by atoms with E-state index in [1.807, 2.05) is 49.0 Å². The molecule has 3 rings (SSSR count). The largest absolute Gasteiger partial charge is 0.497 e. The van der Waals surface area contributed by atoms with Crippen LogP contribution in [0.15, 0.2) is 41.2 Å². The Bertz CT molecular complexity index is 763. The summed E-state index contributed by atoms with van der Waals surface area (Å²) in [5, 5.41) is 11.6. The van der Waals surface area contributed by atoms with Gasteiger partial charge in [0, 0.05) is 18.3 Å². The Hall–Kier alpha value is -2.83. The molecular weight excluding hydrogens is 294 g/mol. The molecule has 0 spiro atoms. The summed E-state index contributed by atoms with van der Waals surface area (Å²) in [6.45, 7) is 4.84. The van der Waals surface area contributed by atoms with E-state index in [1.54, 1.807) is 13.3 Å². The smallest absolute Gasteiger partial charge is 0.249 e. The molecule has 0 unspecified atom stereocenters. The zero-order chi connectivity index (χ0) is 16.2. The number of aryl methyl sites for hydroxylation is 1. The van der Waals surface area contributed by atoms with Gasteiger partial charge in [0.2, 0.25) is 11.7 Å². The molecule has 120 valence electrons. The van der Waals surface area contributed by atoms with Crippen molar-refractivity contribution >= 4 is 5.69 Å². The van der Waals surface area contributed by atoms with E-state index >= 15 is 0 Å². The molecule has 0 bridgehead atoms. The summed E-state index contributed by atoms with van der Waals surface area (Å²) in [7, 11) is 1.63. The van der Waals surface area contributed by atoms with Crippen molar-refractivity contribution in [2.45, 2.75) is 26.4 Å². The standard InChI is InChI=1S/C16H19N5O2/c1-4-21-10-13(9-17-21)18-11(2)16-19-15(20-23-16)12-5-7-14(22-3)8-6-12/h5-11,18H,4H2,1-3H3/t11-/m0/s1. The lowest BCUT2D eigenvalue weighted by atomic mass is 10.2. The van der Waals surface area contributed by atoms with E-state index in [4.69, 9.17) is 9.26 Å². The highest BCUT2D eigenvalue weighted by molar-refractivity contribution is 5.55. The van der Waals surface area contributed by atoms with Gasteiger partial charge in [-0.1, -0.05) is 5.16 Å². The molecule has 0 amide bonds. The predicted molar refractivity (Wildman–Crippen MR) is 86.2 cm³/mol. The predicted octanol–water partition coefficient (Wildman–Crippen LogP) is 3.13. The van der Waals surface area contributed by atoms with E-state index in [0.717, 1.165) is 23.5 Å². The maximum Gasteiger partial charge on any atom is 0.249 e. The van der Waals surface area contributed by atoms with Gasteiger partial charge in [-0.2, -0.15) is 10.1 Å². The Morgan fingerprint density at radius 3 is 2.74 bits per heavy atom. The zero-order valence-corrected chi connectivity index (χ0v) is 13.4. The van der Waals surface area contributed by atoms with E-state index in [2.05, 4.69) is 20.6 Å². The van der Waals surface area contributed by atoms with Crippen LogP contribution in [0.5, 0.6) is 5.75 Å². The molecule has 0 saturated carbocycles. The summed E-state index contributed by atoms with van der Waals surface area (Å²) in [4.78, 5) is 4.45. The van der Waals surface area contributed by atoms with Crippen LogP contribution in [0.4, 0.5) is 5.69 Å². The molecule has 3 aromatic rings. The van der Waals surface area contributed by atoms with Gasteiger partial charge in [-0.05, 0) is 38.1 Å². The number of aromatic nitrogens is 4. The number of hydrogen-bond donors (Lipinski definition) is 1. The number of benzene rings is 1. The van der Waals surface area contributed by atoms with Crippen LogP contribution < -0.4 is 10.1 Å². The van der Waals surface area contributed by atoms with E-state index in [-0.39, 0.29) is 6.04 Å². The van der Waals surface area contributed by atoms with Crippen molar-refractivity contribution in [3.8, 4) is 17.1 Å². The number of nitrogens with one attached hydrogen (secondary N) is 1. The Balaban J connectivity index is 1.72. The third-order valence-electron chi connectivity index (χ3n) is 3.50. The van der Waals surface area contributed by atoms with Gasteiger partial charge in [-0.15, -0.1) is 0 Å². The lowest BCUT2D eigenvalue weighted by Gasteiger charge is -2.08. The third-order valence-corrected chi connectivity index (χ3v) is 3.50. The van der Waals surface area contributed by atoms with Gasteiger partial charge in [-0.3, -0.25) is 4.68 Å². The third kappa shape index (κ3) is 3.33. The van der Waals surface area contributed by atoms with E-state index in [0.29, 0.717) is 11.7 Å². The summed E-state index contributed by atoms with van der Waals surface area (Å²) in [5.74, 6) is 1.88. The summed E-state index contributed by atoms with van der Waals surface area (Å²) >= 11 is 0. The van der Waals surface area contributed by atoms with Crippen molar-refractivity contribution in [1.29, 1.82) is 0 Å². The molecule has 0 aliphatic carbocycles. The van der Waals surface area contributed by atoms with Gasteiger partial charge in [0.25, 0.3) is 0 Å². The lowest BCUT2D eigenvalue weighted by molar-refractivity contribution is 0.368. The van der Waals surface area contributed by atoms with Crippen molar-refractivity contribution in [1.82, 2.24) is 19.9 Å². The second-order valence-corrected chi connectivity index (χ2v) is 5.14. The van der Waals surface area contributed by atoms with Gasteiger partial charge in [-0.25, -0.2) is 0 Å². The first-order valence-electron chi connectivity index (χ1n) is 7.46. The number of nitrogens with zero attached hydrogens (tertiary/aromatic N) is 4. The van der Waals surface area contributed by atoms with Gasteiger partial charge in [0.1, 0.15) is 11.8 Å². The minimum atomic E-state index is -0.107.